The van der Waals surface area contributed by atoms with Crippen LogP contribution in [-0.2, 0) is 4.74 Å². The van der Waals surface area contributed by atoms with E-state index < -0.39 is 5.82 Å². The number of piperazine rings is 1. The number of nitriles is 1. The van der Waals surface area contributed by atoms with E-state index in [-0.39, 0.29) is 11.7 Å². The van der Waals surface area contributed by atoms with Crippen molar-refractivity contribution < 1.29 is 9.13 Å². The van der Waals surface area contributed by atoms with Crippen molar-refractivity contribution in [3.05, 3.63) is 35.1 Å². The second kappa shape index (κ2) is 5.25. The molecule has 3 rings (SSSR count). The van der Waals surface area contributed by atoms with Gasteiger partial charge in [0.05, 0.1) is 18.3 Å². The maximum atomic E-state index is 13.3. The van der Waals surface area contributed by atoms with Crippen molar-refractivity contribution in [1.82, 2.24) is 10.2 Å². The molecule has 0 aromatic heterocycles. The Hall–Kier alpha value is -1.48. The summed E-state index contributed by atoms with van der Waals surface area (Å²) in [6.07, 6.45) is -0.0675. The van der Waals surface area contributed by atoms with E-state index in [1.807, 2.05) is 6.07 Å². The summed E-state index contributed by atoms with van der Waals surface area (Å²) in [4.78, 5) is 2.40. The summed E-state index contributed by atoms with van der Waals surface area (Å²) in [7, 11) is 0. The van der Waals surface area contributed by atoms with Crippen LogP contribution in [0.5, 0.6) is 0 Å². The molecule has 2 heterocycles. The van der Waals surface area contributed by atoms with Crippen LogP contribution in [0, 0.1) is 17.1 Å². The van der Waals surface area contributed by atoms with Crippen molar-refractivity contribution in [2.45, 2.75) is 12.1 Å². The Bertz CT molecular complexity index is 514. The van der Waals surface area contributed by atoms with Gasteiger partial charge in [0.1, 0.15) is 11.9 Å². The minimum atomic E-state index is -0.470. The van der Waals surface area contributed by atoms with Crippen LogP contribution in [0.1, 0.15) is 17.2 Å². The van der Waals surface area contributed by atoms with Crippen molar-refractivity contribution in [2.24, 2.45) is 0 Å². The van der Waals surface area contributed by atoms with E-state index in [1.54, 1.807) is 12.1 Å². The van der Waals surface area contributed by atoms with E-state index in [0.29, 0.717) is 12.6 Å². The van der Waals surface area contributed by atoms with Crippen LogP contribution < -0.4 is 5.32 Å². The molecule has 19 heavy (non-hydrogen) atoms. The Morgan fingerprint density at radius 2 is 2.37 bits per heavy atom. The van der Waals surface area contributed by atoms with E-state index in [2.05, 4.69) is 10.2 Å². The Morgan fingerprint density at radius 3 is 3.21 bits per heavy atom. The van der Waals surface area contributed by atoms with Gasteiger partial charge in [0.2, 0.25) is 0 Å². The van der Waals surface area contributed by atoms with Gasteiger partial charge in [-0.1, -0.05) is 6.07 Å². The molecule has 0 bridgehead atoms. The fourth-order valence-corrected chi connectivity index (χ4v) is 2.73. The fourth-order valence-electron chi connectivity index (χ4n) is 2.73. The van der Waals surface area contributed by atoms with E-state index in [9.17, 15) is 4.39 Å². The highest BCUT2D eigenvalue weighted by Gasteiger charge is 2.31. The molecule has 2 atom stereocenters. The van der Waals surface area contributed by atoms with Gasteiger partial charge in [-0.3, -0.25) is 4.90 Å². The monoisotopic (exact) mass is 261 g/mol. The van der Waals surface area contributed by atoms with Gasteiger partial charge in [0.25, 0.3) is 0 Å². The fraction of sp³-hybridized carbons (Fsp3) is 0.500. The van der Waals surface area contributed by atoms with Crippen molar-refractivity contribution in [2.75, 3.05) is 32.8 Å². The highest BCUT2D eigenvalue weighted by Crippen LogP contribution is 2.26. The zero-order valence-electron chi connectivity index (χ0n) is 10.6. The van der Waals surface area contributed by atoms with Gasteiger partial charge in [-0.15, -0.1) is 0 Å². The molecule has 0 amide bonds. The van der Waals surface area contributed by atoms with Crippen molar-refractivity contribution >= 4 is 0 Å². The molecule has 2 saturated heterocycles. The van der Waals surface area contributed by atoms with Crippen LogP contribution >= 0.6 is 0 Å². The second-order valence-electron chi connectivity index (χ2n) is 5.03. The Morgan fingerprint density at radius 1 is 1.47 bits per heavy atom. The third kappa shape index (κ3) is 2.47. The maximum Gasteiger partial charge on any atom is 0.140 e. The molecule has 2 aliphatic rings. The first-order chi connectivity index (χ1) is 9.28. The summed E-state index contributed by atoms with van der Waals surface area (Å²) in [5, 5.41) is 12.2. The highest BCUT2D eigenvalue weighted by molar-refractivity contribution is 5.35. The van der Waals surface area contributed by atoms with Gasteiger partial charge < -0.3 is 10.1 Å². The van der Waals surface area contributed by atoms with Gasteiger partial charge in [-0.05, 0) is 17.7 Å². The van der Waals surface area contributed by atoms with Gasteiger partial charge in [-0.25, -0.2) is 4.39 Å². The van der Waals surface area contributed by atoms with Gasteiger partial charge in [0, 0.05) is 32.2 Å². The van der Waals surface area contributed by atoms with E-state index >= 15 is 0 Å². The zero-order chi connectivity index (χ0) is 13.2. The first kappa shape index (κ1) is 12.5. The molecule has 0 spiro atoms. The lowest BCUT2D eigenvalue weighted by Gasteiger charge is -2.42. The predicted octanol–water partition coefficient (Wildman–Crippen LogP) is 1.04. The van der Waals surface area contributed by atoms with E-state index in [1.165, 1.54) is 6.07 Å². The minimum absolute atomic E-state index is 0.0675. The number of benzene rings is 1. The molecule has 0 saturated carbocycles. The first-order valence-corrected chi connectivity index (χ1v) is 6.54. The number of ether oxygens (including phenoxy) is 1. The maximum absolute atomic E-state index is 13.3. The van der Waals surface area contributed by atoms with Crippen LogP contribution in [0.25, 0.3) is 0 Å². The van der Waals surface area contributed by atoms with Crippen molar-refractivity contribution in [3.8, 4) is 6.07 Å². The highest BCUT2D eigenvalue weighted by atomic mass is 19.1. The third-order valence-corrected chi connectivity index (χ3v) is 3.84. The number of rotatable bonds is 1. The molecule has 4 nitrogen and oxygen atoms in total. The third-order valence-electron chi connectivity index (χ3n) is 3.84. The quantitative estimate of drug-likeness (QED) is 0.820. The molecular weight excluding hydrogens is 245 g/mol. The first-order valence-electron chi connectivity index (χ1n) is 6.54. The van der Waals surface area contributed by atoms with Crippen molar-refractivity contribution in [3.63, 3.8) is 0 Å². The summed E-state index contributed by atoms with van der Waals surface area (Å²) < 4.78 is 19.2. The molecule has 1 aromatic carbocycles. The van der Waals surface area contributed by atoms with E-state index in [4.69, 9.17) is 10.00 Å². The molecule has 5 heteroatoms. The van der Waals surface area contributed by atoms with Crippen LogP contribution in [0.15, 0.2) is 18.2 Å². The number of nitrogens with one attached hydrogen (secondary N) is 1. The van der Waals surface area contributed by atoms with Crippen LogP contribution in [0.2, 0.25) is 0 Å². The molecular formula is C14H16FN3O. The SMILES string of the molecule is N#Cc1cc(C2CN3CCNCC3CO2)ccc1F. The average molecular weight is 261 g/mol. The van der Waals surface area contributed by atoms with Gasteiger partial charge in [0.15, 0.2) is 0 Å². The topological polar surface area (TPSA) is 48.3 Å². The lowest BCUT2D eigenvalue weighted by Crippen LogP contribution is -2.57. The smallest absolute Gasteiger partial charge is 0.140 e. The Labute approximate surface area is 111 Å². The molecule has 2 aliphatic heterocycles. The molecule has 1 aromatic rings. The van der Waals surface area contributed by atoms with Crippen molar-refractivity contribution in [1.29, 1.82) is 5.26 Å². The summed E-state index contributed by atoms with van der Waals surface area (Å²) in [6, 6.07) is 6.97. The number of morpholine rings is 1. The average Bonchev–Trinajstić information content (AvgIpc) is 2.47. The molecule has 2 unspecified atom stereocenters. The minimum Gasteiger partial charge on any atom is -0.371 e. The normalized spacial score (nSPS) is 27.6. The summed E-state index contributed by atoms with van der Waals surface area (Å²) in [6.45, 7) is 4.45. The molecule has 100 valence electrons. The molecule has 2 fully saturated rings. The van der Waals surface area contributed by atoms with Crippen LogP contribution in [0.4, 0.5) is 4.39 Å². The second-order valence-corrected chi connectivity index (χ2v) is 5.03. The number of halogens is 1. The molecule has 0 aliphatic carbocycles. The Kier molecular flexibility index (Phi) is 3.47. The lowest BCUT2D eigenvalue weighted by atomic mass is 10.0. The lowest BCUT2D eigenvalue weighted by molar-refractivity contribution is -0.0718. The summed E-state index contributed by atoms with van der Waals surface area (Å²) >= 11 is 0. The van der Waals surface area contributed by atoms with Crippen LogP contribution in [-0.4, -0.2) is 43.7 Å². The zero-order valence-corrected chi connectivity index (χ0v) is 10.6. The standard InChI is InChI=1S/C14H16FN3O/c15-13-2-1-10(5-11(13)6-16)14-8-18-4-3-17-7-12(18)9-19-14/h1-2,5,12,14,17H,3-4,7-9H2. The van der Waals surface area contributed by atoms with Gasteiger partial charge >= 0.3 is 0 Å². The number of nitrogens with zero attached hydrogens (tertiary/aromatic N) is 2. The predicted molar refractivity (Wildman–Crippen MR) is 68.0 cm³/mol. The molecule has 0 radical (unpaired) electrons. The molecule has 1 N–H and O–H groups in total. The summed E-state index contributed by atoms with van der Waals surface area (Å²) in [5.74, 6) is -0.470. The van der Waals surface area contributed by atoms with Crippen LogP contribution in [0.3, 0.4) is 0 Å². The number of hydrogen-bond acceptors (Lipinski definition) is 4. The number of hydrogen-bond donors (Lipinski definition) is 1. The van der Waals surface area contributed by atoms with E-state index in [0.717, 1.165) is 31.7 Å². The summed E-state index contributed by atoms with van der Waals surface area (Å²) in [5.41, 5.74) is 0.971. The Balaban J connectivity index is 1.78. The van der Waals surface area contributed by atoms with Gasteiger partial charge in [-0.2, -0.15) is 5.26 Å². The number of fused-ring (bicyclic) bond motifs is 1. The largest absolute Gasteiger partial charge is 0.371 e.